The van der Waals surface area contributed by atoms with Gasteiger partial charge in [0.05, 0.1) is 17.9 Å². The summed E-state index contributed by atoms with van der Waals surface area (Å²) in [6.07, 6.45) is 1.06. The van der Waals surface area contributed by atoms with Gasteiger partial charge in [0.2, 0.25) is 5.91 Å². The summed E-state index contributed by atoms with van der Waals surface area (Å²) in [5.74, 6) is 0.0882. The number of aryl methyl sites for hydroxylation is 1. The van der Waals surface area contributed by atoms with Gasteiger partial charge in [0.1, 0.15) is 0 Å². The molecule has 0 atom stereocenters. The number of para-hydroxylation sites is 1. The second kappa shape index (κ2) is 3.93. The van der Waals surface area contributed by atoms with E-state index < -0.39 is 0 Å². The zero-order chi connectivity index (χ0) is 10.8. The standard InChI is InChI=1S/C12H16N2O/c1-3-7-14-8-11(15)13-12-9(2)5-4-6-10(12)14/h4-6H,3,7-8H2,1-2H3,(H,13,15). The molecule has 0 aliphatic carbocycles. The largest absolute Gasteiger partial charge is 0.361 e. The van der Waals surface area contributed by atoms with E-state index in [1.807, 2.05) is 19.1 Å². The third-order valence-electron chi connectivity index (χ3n) is 2.68. The summed E-state index contributed by atoms with van der Waals surface area (Å²) in [6, 6.07) is 6.13. The van der Waals surface area contributed by atoms with Gasteiger partial charge in [0.25, 0.3) is 0 Å². The third-order valence-corrected chi connectivity index (χ3v) is 2.68. The van der Waals surface area contributed by atoms with Gasteiger partial charge in [-0.15, -0.1) is 0 Å². The fourth-order valence-corrected chi connectivity index (χ4v) is 1.99. The van der Waals surface area contributed by atoms with Gasteiger partial charge in [-0.3, -0.25) is 4.79 Å². The molecule has 1 aromatic rings. The second-order valence-electron chi connectivity index (χ2n) is 3.94. The second-order valence-corrected chi connectivity index (χ2v) is 3.94. The molecule has 15 heavy (non-hydrogen) atoms. The Morgan fingerprint density at radius 3 is 3.00 bits per heavy atom. The van der Waals surface area contributed by atoms with Crippen LogP contribution in [0.4, 0.5) is 11.4 Å². The predicted octanol–water partition coefficient (Wildman–Crippen LogP) is 2.16. The van der Waals surface area contributed by atoms with Crippen LogP contribution in [0.25, 0.3) is 0 Å². The smallest absolute Gasteiger partial charge is 0.243 e. The van der Waals surface area contributed by atoms with Crippen LogP contribution in [0, 0.1) is 6.92 Å². The Hall–Kier alpha value is -1.51. The minimum atomic E-state index is 0.0882. The lowest BCUT2D eigenvalue weighted by Gasteiger charge is -2.31. The summed E-state index contributed by atoms with van der Waals surface area (Å²) < 4.78 is 0. The van der Waals surface area contributed by atoms with Crippen molar-refractivity contribution in [1.29, 1.82) is 0 Å². The van der Waals surface area contributed by atoms with E-state index in [0.29, 0.717) is 6.54 Å². The lowest BCUT2D eigenvalue weighted by Crippen LogP contribution is -2.38. The SMILES string of the molecule is CCCN1CC(=O)Nc2c(C)cccc21. The molecule has 0 saturated carbocycles. The van der Waals surface area contributed by atoms with Gasteiger partial charge in [-0.25, -0.2) is 0 Å². The molecule has 1 aliphatic rings. The molecule has 1 aromatic carbocycles. The zero-order valence-electron chi connectivity index (χ0n) is 9.21. The van der Waals surface area contributed by atoms with Gasteiger partial charge in [-0.1, -0.05) is 19.1 Å². The number of amides is 1. The van der Waals surface area contributed by atoms with Crippen LogP contribution in [0.2, 0.25) is 0 Å². The number of fused-ring (bicyclic) bond motifs is 1. The first kappa shape index (κ1) is 10.0. The lowest BCUT2D eigenvalue weighted by molar-refractivity contribution is -0.115. The van der Waals surface area contributed by atoms with Crippen LogP contribution in [-0.2, 0) is 4.79 Å². The fourth-order valence-electron chi connectivity index (χ4n) is 1.99. The minimum absolute atomic E-state index is 0.0882. The third kappa shape index (κ3) is 1.82. The zero-order valence-corrected chi connectivity index (χ0v) is 9.21. The molecule has 3 nitrogen and oxygen atoms in total. The molecule has 0 bridgehead atoms. The molecule has 1 N–H and O–H groups in total. The summed E-state index contributed by atoms with van der Waals surface area (Å²) >= 11 is 0. The summed E-state index contributed by atoms with van der Waals surface area (Å²) in [5.41, 5.74) is 3.25. The van der Waals surface area contributed by atoms with Crippen molar-refractivity contribution >= 4 is 17.3 Å². The molecule has 0 saturated heterocycles. The Labute approximate surface area is 90.1 Å². The minimum Gasteiger partial charge on any atom is -0.361 e. The number of nitrogens with one attached hydrogen (secondary N) is 1. The van der Waals surface area contributed by atoms with Gasteiger partial charge in [0.15, 0.2) is 0 Å². The van der Waals surface area contributed by atoms with E-state index in [1.54, 1.807) is 0 Å². The van der Waals surface area contributed by atoms with Crippen LogP contribution < -0.4 is 10.2 Å². The summed E-state index contributed by atoms with van der Waals surface area (Å²) in [5, 5.41) is 2.94. The van der Waals surface area contributed by atoms with Crippen molar-refractivity contribution in [3.63, 3.8) is 0 Å². The highest BCUT2D eigenvalue weighted by atomic mass is 16.2. The number of carbonyl (C=O) groups excluding carboxylic acids is 1. The topological polar surface area (TPSA) is 32.3 Å². The number of carbonyl (C=O) groups is 1. The van der Waals surface area contributed by atoms with Crippen LogP contribution in [0.3, 0.4) is 0 Å². The van der Waals surface area contributed by atoms with E-state index in [-0.39, 0.29) is 5.91 Å². The van der Waals surface area contributed by atoms with Gasteiger partial charge in [-0.2, -0.15) is 0 Å². The summed E-state index contributed by atoms with van der Waals surface area (Å²) in [7, 11) is 0. The van der Waals surface area contributed by atoms with Crippen LogP contribution in [0.15, 0.2) is 18.2 Å². The first-order chi connectivity index (χ1) is 7.22. The van der Waals surface area contributed by atoms with E-state index in [9.17, 15) is 4.79 Å². The average molecular weight is 204 g/mol. The molecular formula is C12H16N2O. The number of hydrogen-bond donors (Lipinski definition) is 1. The summed E-state index contributed by atoms with van der Waals surface area (Å²) in [4.78, 5) is 13.7. The van der Waals surface area contributed by atoms with Crippen molar-refractivity contribution in [2.45, 2.75) is 20.3 Å². The number of rotatable bonds is 2. The van der Waals surface area contributed by atoms with Gasteiger partial charge in [0, 0.05) is 6.54 Å². The van der Waals surface area contributed by atoms with E-state index in [4.69, 9.17) is 0 Å². The Kier molecular flexibility index (Phi) is 2.62. The van der Waals surface area contributed by atoms with Crippen LogP contribution in [0.1, 0.15) is 18.9 Å². The van der Waals surface area contributed by atoms with Gasteiger partial charge >= 0.3 is 0 Å². The van der Waals surface area contributed by atoms with Gasteiger partial charge in [-0.05, 0) is 25.0 Å². The molecule has 0 unspecified atom stereocenters. The Morgan fingerprint density at radius 2 is 2.27 bits per heavy atom. The highest BCUT2D eigenvalue weighted by Crippen LogP contribution is 2.31. The van der Waals surface area contributed by atoms with Crippen molar-refractivity contribution in [1.82, 2.24) is 0 Å². The monoisotopic (exact) mass is 204 g/mol. The number of benzene rings is 1. The highest BCUT2D eigenvalue weighted by molar-refractivity contribution is 6.02. The molecule has 80 valence electrons. The molecule has 3 heteroatoms. The molecule has 0 spiro atoms. The van der Waals surface area contributed by atoms with Crippen molar-refractivity contribution in [2.75, 3.05) is 23.3 Å². The van der Waals surface area contributed by atoms with Crippen molar-refractivity contribution in [3.8, 4) is 0 Å². The molecule has 1 amide bonds. The van der Waals surface area contributed by atoms with E-state index in [1.165, 1.54) is 0 Å². The maximum atomic E-state index is 11.5. The van der Waals surface area contributed by atoms with Gasteiger partial charge < -0.3 is 10.2 Å². The quantitative estimate of drug-likeness (QED) is 0.800. The van der Waals surface area contributed by atoms with E-state index in [2.05, 4.69) is 23.2 Å². The first-order valence-corrected chi connectivity index (χ1v) is 5.36. The molecule has 0 aromatic heterocycles. The highest BCUT2D eigenvalue weighted by Gasteiger charge is 2.21. The predicted molar refractivity (Wildman–Crippen MR) is 62.3 cm³/mol. The lowest BCUT2D eigenvalue weighted by atomic mass is 10.1. The van der Waals surface area contributed by atoms with E-state index >= 15 is 0 Å². The number of nitrogens with zero attached hydrogens (tertiary/aromatic N) is 1. The first-order valence-electron chi connectivity index (χ1n) is 5.36. The Morgan fingerprint density at radius 1 is 1.47 bits per heavy atom. The van der Waals surface area contributed by atoms with Crippen LogP contribution >= 0.6 is 0 Å². The Balaban J connectivity index is 2.41. The number of hydrogen-bond acceptors (Lipinski definition) is 2. The van der Waals surface area contributed by atoms with Crippen molar-refractivity contribution in [3.05, 3.63) is 23.8 Å². The molecule has 0 fully saturated rings. The molecule has 1 heterocycles. The molecular weight excluding hydrogens is 188 g/mol. The van der Waals surface area contributed by atoms with Crippen molar-refractivity contribution in [2.24, 2.45) is 0 Å². The maximum Gasteiger partial charge on any atom is 0.243 e. The number of anilines is 2. The normalized spacial score (nSPS) is 14.8. The maximum absolute atomic E-state index is 11.5. The van der Waals surface area contributed by atoms with Crippen molar-refractivity contribution < 1.29 is 4.79 Å². The van der Waals surface area contributed by atoms with E-state index in [0.717, 1.165) is 29.9 Å². The molecule has 0 radical (unpaired) electrons. The van der Waals surface area contributed by atoms with Crippen LogP contribution in [-0.4, -0.2) is 19.0 Å². The molecule has 2 rings (SSSR count). The van der Waals surface area contributed by atoms with Crippen LogP contribution in [0.5, 0.6) is 0 Å². The Bertz CT molecular complexity index is 387. The average Bonchev–Trinajstić information content (AvgIpc) is 2.20. The molecule has 1 aliphatic heterocycles. The fraction of sp³-hybridized carbons (Fsp3) is 0.417. The summed E-state index contributed by atoms with van der Waals surface area (Å²) in [6.45, 7) is 5.56.